The Kier molecular flexibility index (Phi) is 5.95. The van der Waals surface area contributed by atoms with Gasteiger partial charge < -0.3 is 10.2 Å². The number of hydrogen-bond acceptors (Lipinski definition) is 2. The molecular formula is C16H27FN2. The lowest BCUT2D eigenvalue weighted by molar-refractivity contribution is 0.0914. The average Bonchev–Trinajstić information content (AvgIpc) is 2.41. The normalized spacial score (nSPS) is 13.8. The van der Waals surface area contributed by atoms with Crippen LogP contribution in [0, 0.1) is 5.82 Å². The Morgan fingerprint density at radius 3 is 2.21 bits per heavy atom. The van der Waals surface area contributed by atoms with Crippen LogP contribution in [0.5, 0.6) is 0 Å². The molecule has 2 nitrogen and oxygen atoms in total. The van der Waals surface area contributed by atoms with Gasteiger partial charge in [0.05, 0.1) is 0 Å². The van der Waals surface area contributed by atoms with Crippen LogP contribution in [0.25, 0.3) is 0 Å². The summed E-state index contributed by atoms with van der Waals surface area (Å²) in [5, 5.41) is 3.39. The largest absolute Gasteiger partial charge is 0.315 e. The van der Waals surface area contributed by atoms with E-state index in [0.717, 1.165) is 18.4 Å². The predicted octanol–water partition coefficient (Wildman–Crippen LogP) is 3.08. The first-order chi connectivity index (χ1) is 9.01. The minimum Gasteiger partial charge on any atom is -0.315 e. The van der Waals surface area contributed by atoms with Gasteiger partial charge in [0.25, 0.3) is 0 Å². The second kappa shape index (κ2) is 7.01. The van der Waals surface area contributed by atoms with E-state index < -0.39 is 0 Å². The number of nitrogens with one attached hydrogen (secondary N) is 1. The summed E-state index contributed by atoms with van der Waals surface area (Å²) in [7, 11) is 6.19. The second-order valence-corrected chi connectivity index (χ2v) is 5.34. The van der Waals surface area contributed by atoms with Gasteiger partial charge in [0.2, 0.25) is 0 Å². The van der Waals surface area contributed by atoms with Crippen LogP contribution in [0.1, 0.15) is 32.3 Å². The Hall–Kier alpha value is -0.930. The molecule has 0 bridgehead atoms. The summed E-state index contributed by atoms with van der Waals surface area (Å²) in [6.45, 7) is 4.41. The van der Waals surface area contributed by atoms with E-state index in [9.17, 15) is 4.39 Å². The molecule has 0 aliphatic heterocycles. The number of likely N-dealkylation sites (N-methyl/N-ethyl adjacent to an activating group) is 2. The first-order valence-corrected chi connectivity index (χ1v) is 7.09. The highest BCUT2D eigenvalue weighted by molar-refractivity contribution is 5.20. The average molecular weight is 266 g/mol. The summed E-state index contributed by atoms with van der Waals surface area (Å²) in [6, 6.07) is 7.30. The Morgan fingerprint density at radius 1 is 1.21 bits per heavy atom. The SMILES string of the molecule is CCC(CC)(C(Cc1ccccc1F)NC)N(C)C. The van der Waals surface area contributed by atoms with Gasteiger partial charge in [-0.25, -0.2) is 4.39 Å². The molecular weight excluding hydrogens is 239 g/mol. The van der Waals surface area contributed by atoms with Gasteiger partial charge in [-0.3, -0.25) is 0 Å². The van der Waals surface area contributed by atoms with E-state index in [0.29, 0.717) is 6.42 Å². The lowest BCUT2D eigenvalue weighted by Crippen LogP contribution is -2.58. The maximum absolute atomic E-state index is 13.8. The highest BCUT2D eigenvalue weighted by Gasteiger charge is 2.37. The monoisotopic (exact) mass is 266 g/mol. The molecule has 0 amide bonds. The van der Waals surface area contributed by atoms with Crippen molar-refractivity contribution in [3.05, 3.63) is 35.6 Å². The summed E-state index contributed by atoms with van der Waals surface area (Å²) in [4.78, 5) is 2.27. The van der Waals surface area contributed by atoms with Gasteiger partial charge in [0.1, 0.15) is 5.82 Å². The number of nitrogens with zero attached hydrogens (tertiary/aromatic N) is 1. The Balaban J connectivity index is 3.02. The zero-order valence-electron chi connectivity index (χ0n) is 12.8. The van der Waals surface area contributed by atoms with Gasteiger partial charge in [-0.05, 0) is 52.0 Å². The lowest BCUT2D eigenvalue weighted by Gasteiger charge is -2.45. The van der Waals surface area contributed by atoms with Gasteiger partial charge in [-0.2, -0.15) is 0 Å². The predicted molar refractivity (Wildman–Crippen MR) is 80.0 cm³/mol. The highest BCUT2D eigenvalue weighted by atomic mass is 19.1. The fourth-order valence-corrected chi connectivity index (χ4v) is 3.13. The Bertz CT molecular complexity index is 386. The van der Waals surface area contributed by atoms with Gasteiger partial charge in [0, 0.05) is 11.6 Å². The van der Waals surface area contributed by atoms with Crippen LogP contribution >= 0.6 is 0 Å². The first-order valence-electron chi connectivity index (χ1n) is 7.09. The van der Waals surface area contributed by atoms with Gasteiger partial charge in [-0.15, -0.1) is 0 Å². The third-order valence-corrected chi connectivity index (χ3v) is 4.49. The van der Waals surface area contributed by atoms with Crippen LogP contribution in [-0.4, -0.2) is 37.6 Å². The Morgan fingerprint density at radius 2 is 1.79 bits per heavy atom. The third kappa shape index (κ3) is 3.34. The molecule has 0 saturated carbocycles. The van der Waals surface area contributed by atoms with E-state index in [2.05, 4.69) is 38.2 Å². The molecule has 1 unspecified atom stereocenters. The number of benzene rings is 1. The fraction of sp³-hybridized carbons (Fsp3) is 0.625. The molecule has 1 rings (SSSR count). The van der Waals surface area contributed by atoms with E-state index in [1.54, 1.807) is 6.07 Å². The number of rotatable bonds is 7. The van der Waals surface area contributed by atoms with Crippen LogP contribution < -0.4 is 5.32 Å². The molecule has 1 aromatic carbocycles. The zero-order chi connectivity index (χ0) is 14.5. The molecule has 0 radical (unpaired) electrons. The molecule has 0 aliphatic carbocycles. The smallest absolute Gasteiger partial charge is 0.126 e. The standard InChI is InChI=1S/C16H27FN2/c1-6-16(7-2,19(4)5)15(18-3)12-13-10-8-9-11-14(13)17/h8-11,15,18H,6-7,12H2,1-5H3. The van der Waals surface area contributed by atoms with Gasteiger partial charge >= 0.3 is 0 Å². The highest BCUT2D eigenvalue weighted by Crippen LogP contribution is 2.28. The molecule has 3 heteroatoms. The van der Waals surface area contributed by atoms with E-state index in [1.807, 2.05) is 19.2 Å². The van der Waals surface area contributed by atoms with Gasteiger partial charge in [0.15, 0.2) is 0 Å². The van der Waals surface area contributed by atoms with Crippen LogP contribution in [0.2, 0.25) is 0 Å². The minimum atomic E-state index is -0.109. The summed E-state index contributed by atoms with van der Waals surface area (Å²) < 4.78 is 13.8. The van der Waals surface area contributed by atoms with Crippen LogP contribution in [0.15, 0.2) is 24.3 Å². The maximum atomic E-state index is 13.8. The molecule has 0 aliphatic rings. The van der Waals surface area contributed by atoms with Crippen molar-refractivity contribution in [2.45, 2.75) is 44.7 Å². The van der Waals surface area contributed by atoms with Crippen molar-refractivity contribution in [1.82, 2.24) is 10.2 Å². The van der Waals surface area contributed by atoms with Crippen LogP contribution in [0.4, 0.5) is 4.39 Å². The zero-order valence-corrected chi connectivity index (χ0v) is 12.8. The molecule has 0 fully saturated rings. The van der Waals surface area contributed by atoms with Crippen molar-refractivity contribution in [2.24, 2.45) is 0 Å². The maximum Gasteiger partial charge on any atom is 0.126 e. The fourth-order valence-electron chi connectivity index (χ4n) is 3.13. The molecule has 0 aromatic heterocycles. The quantitative estimate of drug-likeness (QED) is 0.816. The summed E-state index contributed by atoms with van der Waals surface area (Å²) in [6.07, 6.45) is 2.79. The van der Waals surface area contributed by atoms with Crippen molar-refractivity contribution < 1.29 is 4.39 Å². The molecule has 1 aromatic rings. The lowest BCUT2D eigenvalue weighted by atomic mass is 9.80. The molecule has 0 heterocycles. The van der Waals surface area contributed by atoms with Crippen molar-refractivity contribution in [3.8, 4) is 0 Å². The molecule has 108 valence electrons. The van der Waals surface area contributed by atoms with E-state index in [1.165, 1.54) is 6.07 Å². The summed E-state index contributed by atoms with van der Waals surface area (Å²) in [5.41, 5.74) is 0.840. The van der Waals surface area contributed by atoms with E-state index >= 15 is 0 Å². The number of halogens is 1. The molecule has 0 saturated heterocycles. The minimum absolute atomic E-state index is 0.0526. The number of hydrogen-bond donors (Lipinski definition) is 1. The summed E-state index contributed by atoms with van der Waals surface area (Å²) >= 11 is 0. The Labute approximate surface area is 117 Å². The topological polar surface area (TPSA) is 15.3 Å². The van der Waals surface area contributed by atoms with Crippen molar-refractivity contribution in [1.29, 1.82) is 0 Å². The van der Waals surface area contributed by atoms with E-state index in [4.69, 9.17) is 0 Å². The van der Waals surface area contributed by atoms with Crippen LogP contribution in [0.3, 0.4) is 0 Å². The van der Waals surface area contributed by atoms with E-state index in [-0.39, 0.29) is 17.4 Å². The van der Waals surface area contributed by atoms with Gasteiger partial charge in [-0.1, -0.05) is 32.0 Å². The van der Waals surface area contributed by atoms with Crippen molar-refractivity contribution >= 4 is 0 Å². The third-order valence-electron chi connectivity index (χ3n) is 4.49. The molecule has 1 N–H and O–H groups in total. The molecule has 1 atom stereocenters. The molecule has 0 spiro atoms. The van der Waals surface area contributed by atoms with Crippen molar-refractivity contribution in [3.63, 3.8) is 0 Å². The second-order valence-electron chi connectivity index (χ2n) is 5.34. The molecule has 19 heavy (non-hydrogen) atoms. The first kappa shape index (κ1) is 16.1. The summed E-state index contributed by atoms with van der Waals surface area (Å²) in [5.74, 6) is -0.109. The van der Waals surface area contributed by atoms with Crippen LogP contribution in [-0.2, 0) is 6.42 Å². The van der Waals surface area contributed by atoms with Crippen molar-refractivity contribution in [2.75, 3.05) is 21.1 Å².